The molecule has 2 amide bonds. The number of rotatable bonds is 9. The van der Waals surface area contributed by atoms with Crippen molar-refractivity contribution >= 4 is 6.03 Å². The molecular weight excluding hydrogens is 366 g/mol. The van der Waals surface area contributed by atoms with Crippen molar-refractivity contribution < 1.29 is 23.0 Å². The van der Waals surface area contributed by atoms with Gasteiger partial charge in [-0.25, -0.2) is 4.79 Å². The lowest BCUT2D eigenvalue weighted by molar-refractivity contribution is -0.0512. The number of alkyl halides is 2. The van der Waals surface area contributed by atoms with E-state index in [2.05, 4.69) is 22.2 Å². The number of hydrogen-bond donors (Lipinski definition) is 1. The summed E-state index contributed by atoms with van der Waals surface area (Å²) < 4.78 is 34.3. The number of nitrogens with zero attached hydrogens (tertiary/aromatic N) is 1. The molecule has 7 heteroatoms. The molecule has 0 saturated carbocycles. The second-order valence-corrected chi connectivity index (χ2v) is 6.59. The molecule has 0 radical (unpaired) electrons. The van der Waals surface area contributed by atoms with Crippen LogP contribution in [0.3, 0.4) is 0 Å². The summed E-state index contributed by atoms with van der Waals surface area (Å²) in [5.41, 5.74) is 1.98. The van der Waals surface area contributed by atoms with Crippen molar-refractivity contribution in [1.82, 2.24) is 10.2 Å². The third-order valence-corrected chi connectivity index (χ3v) is 4.29. The summed E-state index contributed by atoms with van der Waals surface area (Å²) in [5, 5.41) is 2.97. The molecule has 5 nitrogen and oxygen atoms in total. The molecule has 2 rings (SSSR count). The zero-order chi connectivity index (χ0) is 20.5. The van der Waals surface area contributed by atoms with E-state index in [0.717, 1.165) is 18.4 Å². The summed E-state index contributed by atoms with van der Waals surface area (Å²) in [5.74, 6) is 0.158. The third-order valence-electron chi connectivity index (χ3n) is 4.29. The van der Waals surface area contributed by atoms with Gasteiger partial charge in [0.25, 0.3) is 0 Å². The molecule has 28 heavy (non-hydrogen) atoms. The van der Waals surface area contributed by atoms with Crippen LogP contribution in [0.15, 0.2) is 48.5 Å². The fourth-order valence-electron chi connectivity index (χ4n) is 2.77. The van der Waals surface area contributed by atoms with Gasteiger partial charge in [-0.3, -0.25) is 0 Å². The maximum atomic E-state index is 12.4. The van der Waals surface area contributed by atoms with Crippen LogP contribution in [0.4, 0.5) is 13.6 Å². The molecule has 0 spiro atoms. The van der Waals surface area contributed by atoms with Crippen LogP contribution in [0.1, 0.15) is 24.5 Å². The molecule has 0 aromatic heterocycles. The lowest BCUT2D eigenvalue weighted by Crippen LogP contribution is -2.41. The van der Waals surface area contributed by atoms with Crippen LogP contribution in [-0.2, 0) is 13.0 Å². The standard InChI is InChI=1S/C21H26F2N2O3/c1-15(9-10-16-7-5-4-6-8-16)24-21(26)25(2)14-17-11-12-18(28-20(22)23)19(13-17)27-3/h4-8,11-13,15,20H,9-10,14H2,1-3H3,(H,24,26). The van der Waals surface area contributed by atoms with Crippen LogP contribution in [0.2, 0.25) is 0 Å². The molecule has 2 aromatic carbocycles. The van der Waals surface area contributed by atoms with E-state index >= 15 is 0 Å². The largest absolute Gasteiger partial charge is 0.493 e. The molecule has 152 valence electrons. The van der Waals surface area contributed by atoms with E-state index < -0.39 is 6.61 Å². The summed E-state index contributed by atoms with van der Waals surface area (Å²) >= 11 is 0. The number of amides is 2. The quantitative estimate of drug-likeness (QED) is 0.686. The molecule has 0 aliphatic rings. The molecule has 0 aliphatic carbocycles. The van der Waals surface area contributed by atoms with Gasteiger partial charge in [0, 0.05) is 19.6 Å². The minimum Gasteiger partial charge on any atom is -0.493 e. The van der Waals surface area contributed by atoms with Crippen LogP contribution >= 0.6 is 0 Å². The topological polar surface area (TPSA) is 50.8 Å². The van der Waals surface area contributed by atoms with Gasteiger partial charge in [0.15, 0.2) is 11.5 Å². The van der Waals surface area contributed by atoms with E-state index in [1.165, 1.54) is 23.6 Å². The van der Waals surface area contributed by atoms with E-state index in [4.69, 9.17) is 4.74 Å². The molecule has 0 fully saturated rings. The Morgan fingerprint density at radius 3 is 2.46 bits per heavy atom. The molecule has 1 unspecified atom stereocenters. The maximum Gasteiger partial charge on any atom is 0.387 e. The van der Waals surface area contributed by atoms with E-state index in [1.54, 1.807) is 19.2 Å². The van der Waals surface area contributed by atoms with Gasteiger partial charge in [-0.1, -0.05) is 36.4 Å². The van der Waals surface area contributed by atoms with Crippen LogP contribution in [0.25, 0.3) is 0 Å². The molecule has 2 aromatic rings. The molecule has 1 atom stereocenters. The molecular formula is C21H26F2N2O3. The summed E-state index contributed by atoms with van der Waals surface area (Å²) in [6.07, 6.45) is 1.71. The highest BCUT2D eigenvalue weighted by Crippen LogP contribution is 2.29. The summed E-state index contributed by atoms with van der Waals surface area (Å²) in [7, 11) is 3.05. The van der Waals surface area contributed by atoms with Crippen LogP contribution in [-0.4, -0.2) is 37.7 Å². The molecule has 0 saturated heterocycles. The number of nitrogens with one attached hydrogen (secondary N) is 1. The van der Waals surface area contributed by atoms with Gasteiger partial charge in [0.1, 0.15) is 0 Å². The Morgan fingerprint density at radius 1 is 1.11 bits per heavy atom. The van der Waals surface area contributed by atoms with Gasteiger partial charge in [0.05, 0.1) is 7.11 Å². The monoisotopic (exact) mass is 392 g/mol. The van der Waals surface area contributed by atoms with Gasteiger partial charge in [-0.15, -0.1) is 0 Å². The van der Waals surface area contributed by atoms with Gasteiger partial charge >= 0.3 is 12.6 Å². The van der Waals surface area contributed by atoms with E-state index in [1.807, 2.05) is 25.1 Å². The first-order valence-electron chi connectivity index (χ1n) is 9.06. The smallest absolute Gasteiger partial charge is 0.387 e. The van der Waals surface area contributed by atoms with Crippen molar-refractivity contribution in [2.75, 3.05) is 14.2 Å². The first kappa shape index (κ1) is 21.5. The van der Waals surface area contributed by atoms with E-state index in [9.17, 15) is 13.6 Å². The summed E-state index contributed by atoms with van der Waals surface area (Å²) in [6.45, 7) is -0.651. The molecule has 0 heterocycles. The Morgan fingerprint density at radius 2 is 1.82 bits per heavy atom. The van der Waals surface area contributed by atoms with Crippen molar-refractivity contribution in [2.24, 2.45) is 0 Å². The van der Waals surface area contributed by atoms with Crippen molar-refractivity contribution in [2.45, 2.75) is 39.0 Å². The zero-order valence-electron chi connectivity index (χ0n) is 16.3. The normalized spacial score (nSPS) is 11.8. The van der Waals surface area contributed by atoms with E-state index in [0.29, 0.717) is 6.54 Å². The van der Waals surface area contributed by atoms with Crippen molar-refractivity contribution in [1.29, 1.82) is 0 Å². The minimum absolute atomic E-state index is 0.0199. The number of methoxy groups -OCH3 is 1. The highest BCUT2D eigenvalue weighted by molar-refractivity contribution is 5.74. The van der Waals surface area contributed by atoms with Gasteiger partial charge in [-0.2, -0.15) is 8.78 Å². The average molecular weight is 392 g/mol. The van der Waals surface area contributed by atoms with Crippen molar-refractivity contribution in [3.63, 3.8) is 0 Å². The number of aryl methyl sites for hydroxylation is 1. The Hall–Kier alpha value is -2.83. The lowest BCUT2D eigenvalue weighted by Gasteiger charge is -2.22. The number of benzene rings is 2. The van der Waals surface area contributed by atoms with Crippen molar-refractivity contribution in [3.05, 3.63) is 59.7 Å². The molecule has 0 aliphatic heterocycles. The van der Waals surface area contributed by atoms with Gasteiger partial charge < -0.3 is 19.7 Å². The number of hydrogen-bond acceptors (Lipinski definition) is 3. The van der Waals surface area contributed by atoms with Crippen LogP contribution in [0, 0.1) is 0 Å². The number of urea groups is 1. The number of carbonyl (C=O) groups is 1. The fourth-order valence-corrected chi connectivity index (χ4v) is 2.77. The third kappa shape index (κ3) is 6.72. The minimum atomic E-state index is -2.93. The first-order chi connectivity index (χ1) is 13.4. The number of carbonyl (C=O) groups excluding carboxylic acids is 1. The second-order valence-electron chi connectivity index (χ2n) is 6.59. The Kier molecular flexibility index (Phi) is 8.04. The maximum absolute atomic E-state index is 12.4. The van der Waals surface area contributed by atoms with Gasteiger partial charge in [-0.05, 0) is 43.0 Å². The zero-order valence-corrected chi connectivity index (χ0v) is 16.3. The number of halogens is 2. The molecule has 0 bridgehead atoms. The second kappa shape index (κ2) is 10.5. The van der Waals surface area contributed by atoms with Crippen molar-refractivity contribution in [3.8, 4) is 11.5 Å². The highest BCUT2D eigenvalue weighted by Gasteiger charge is 2.15. The lowest BCUT2D eigenvalue weighted by atomic mass is 10.1. The van der Waals surface area contributed by atoms with E-state index in [-0.39, 0.29) is 23.6 Å². The number of ether oxygens (including phenoxy) is 2. The average Bonchev–Trinajstić information content (AvgIpc) is 2.67. The molecule has 1 N–H and O–H groups in total. The predicted molar refractivity (Wildman–Crippen MR) is 104 cm³/mol. The Bertz CT molecular complexity index is 757. The van der Waals surface area contributed by atoms with Crippen LogP contribution in [0.5, 0.6) is 11.5 Å². The summed E-state index contributed by atoms with van der Waals surface area (Å²) in [6, 6.07) is 14.5. The van der Waals surface area contributed by atoms with Gasteiger partial charge in [0.2, 0.25) is 0 Å². The first-order valence-corrected chi connectivity index (χ1v) is 9.06. The highest BCUT2D eigenvalue weighted by atomic mass is 19.3. The summed E-state index contributed by atoms with van der Waals surface area (Å²) in [4.78, 5) is 13.9. The Labute approximate surface area is 164 Å². The van der Waals surface area contributed by atoms with Crippen LogP contribution < -0.4 is 14.8 Å². The SMILES string of the molecule is COc1cc(CN(C)C(=O)NC(C)CCc2ccccc2)ccc1OC(F)F. The Balaban J connectivity index is 1.87. The predicted octanol–water partition coefficient (Wildman–Crippen LogP) is 4.46. The fraction of sp³-hybridized carbons (Fsp3) is 0.381.